The van der Waals surface area contributed by atoms with Gasteiger partial charge < -0.3 is 14.1 Å². The average Bonchev–Trinajstić information content (AvgIpc) is 3.36. The predicted octanol–water partition coefficient (Wildman–Crippen LogP) is 6.55. The fourth-order valence-electron chi connectivity index (χ4n) is 5.86. The normalized spacial score (nSPS) is 15.3. The summed E-state index contributed by atoms with van der Waals surface area (Å²) >= 11 is 0. The van der Waals surface area contributed by atoms with Gasteiger partial charge in [-0.15, -0.1) is 0 Å². The molecule has 5 rings (SSSR count). The van der Waals surface area contributed by atoms with E-state index in [1.807, 2.05) is 31.9 Å². The lowest BCUT2D eigenvalue weighted by Gasteiger charge is -2.43. The number of hydrogen-bond donors (Lipinski definition) is 0. The number of carbonyl (C=O) groups excluding carboxylic acids is 1. The third kappa shape index (κ3) is 5.39. The molecule has 0 aliphatic carbocycles. The number of para-hydroxylation sites is 1. The van der Waals surface area contributed by atoms with E-state index in [1.54, 1.807) is 0 Å². The number of carbonyl (C=O) groups is 1. The number of nitrogens with zero attached hydrogens (tertiary/aromatic N) is 3. The molecule has 0 radical (unpaired) electrons. The van der Waals surface area contributed by atoms with Gasteiger partial charge in [0.2, 0.25) is 0 Å². The van der Waals surface area contributed by atoms with Crippen LogP contribution in [-0.2, 0) is 4.74 Å². The number of aromatic nitrogens is 2. The highest BCUT2D eigenvalue weighted by atomic mass is 28.4. The van der Waals surface area contributed by atoms with Crippen molar-refractivity contribution < 1.29 is 14.0 Å². The monoisotopic (exact) mass is 555 g/mol. The van der Waals surface area contributed by atoms with Gasteiger partial charge >= 0.3 is 14.4 Å². The van der Waals surface area contributed by atoms with E-state index in [1.165, 1.54) is 10.4 Å². The number of amides is 1. The first kappa shape index (κ1) is 28.0. The van der Waals surface area contributed by atoms with Crippen molar-refractivity contribution in [2.24, 2.45) is 0 Å². The van der Waals surface area contributed by atoms with E-state index in [2.05, 4.69) is 104 Å². The second-order valence-corrected chi connectivity index (χ2v) is 17.0. The van der Waals surface area contributed by atoms with Gasteiger partial charge in [0.15, 0.2) is 0 Å². The van der Waals surface area contributed by atoms with Crippen molar-refractivity contribution in [3.8, 4) is 5.75 Å². The van der Waals surface area contributed by atoms with Gasteiger partial charge in [-0.1, -0.05) is 93.6 Å². The molecule has 6 nitrogen and oxygen atoms in total. The second-order valence-electron chi connectivity index (χ2n) is 12.7. The van der Waals surface area contributed by atoms with Crippen LogP contribution in [0.4, 0.5) is 4.79 Å². The number of piperidine rings is 1. The van der Waals surface area contributed by atoms with Gasteiger partial charge in [-0.2, -0.15) is 5.10 Å². The summed E-state index contributed by atoms with van der Waals surface area (Å²) in [6, 6.07) is 27.9. The third-order valence-electron chi connectivity index (χ3n) is 7.72. The van der Waals surface area contributed by atoms with Crippen molar-refractivity contribution in [1.82, 2.24) is 14.7 Å². The van der Waals surface area contributed by atoms with Crippen LogP contribution in [0.25, 0.3) is 10.9 Å². The van der Waals surface area contributed by atoms with E-state index in [0.29, 0.717) is 13.1 Å². The van der Waals surface area contributed by atoms with Crippen LogP contribution in [0.1, 0.15) is 60.4 Å². The number of rotatable bonds is 5. The molecule has 0 atom stereocenters. The Labute approximate surface area is 239 Å². The van der Waals surface area contributed by atoms with Crippen LogP contribution in [0.5, 0.6) is 5.75 Å². The van der Waals surface area contributed by atoms with Crippen molar-refractivity contribution in [3.63, 3.8) is 0 Å². The Morgan fingerprint density at radius 3 is 1.93 bits per heavy atom. The molecule has 2 heterocycles. The average molecular weight is 556 g/mol. The molecule has 0 unspecified atom stereocenters. The van der Waals surface area contributed by atoms with Crippen molar-refractivity contribution in [1.29, 1.82) is 0 Å². The highest BCUT2D eigenvalue weighted by Crippen LogP contribution is 2.40. The number of hydrogen-bond acceptors (Lipinski definition) is 4. The van der Waals surface area contributed by atoms with Gasteiger partial charge in [-0.3, -0.25) is 4.68 Å². The first-order chi connectivity index (χ1) is 19.0. The number of ether oxygens (including phenoxy) is 1. The van der Waals surface area contributed by atoms with Gasteiger partial charge in [0, 0.05) is 18.5 Å². The predicted molar refractivity (Wildman–Crippen MR) is 164 cm³/mol. The zero-order valence-corrected chi connectivity index (χ0v) is 25.6. The molecule has 1 aromatic heterocycles. The Kier molecular flexibility index (Phi) is 7.53. The van der Waals surface area contributed by atoms with Crippen LogP contribution in [0.2, 0.25) is 5.04 Å². The van der Waals surface area contributed by atoms with Gasteiger partial charge in [0.1, 0.15) is 16.9 Å². The standard InChI is InChI=1S/C33H41N3O3Si/c1-32(2,3)38-31(37)35-22-20-26(21-23-35)36-30-25(24-34-36)14-13-19-29(30)39-40(33(4,5)6,27-15-9-7-10-16-27)28-17-11-8-12-18-28/h7-19,24,26H,20-23H2,1-6H3. The largest absolute Gasteiger partial charge is 0.533 e. The smallest absolute Gasteiger partial charge is 0.410 e. The minimum atomic E-state index is -2.81. The molecule has 0 bridgehead atoms. The molecule has 0 N–H and O–H groups in total. The molecule has 1 fully saturated rings. The first-order valence-corrected chi connectivity index (χ1v) is 16.1. The molecule has 1 amide bonds. The quantitative estimate of drug-likeness (QED) is 0.262. The molecule has 0 saturated carbocycles. The highest BCUT2D eigenvalue weighted by Gasteiger charge is 2.52. The summed E-state index contributed by atoms with van der Waals surface area (Å²) in [6.07, 6.45) is 3.31. The van der Waals surface area contributed by atoms with Crippen LogP contribution in [0.3, 0.4) is 0 Å². The number of fused-ring (bicyclic) bond motifs is 1. The van der Waals surface area contributed by atoms with Crippen LogP contribution in [0, 0.1) is 0 Å². The SMILES string of the molecule is CC(C)(C)OC(=O)N1CCC(n2ncc3cccc(O[Si](c4ccccc4)(c4ccccc4)C(C)(C)C)c32)CC1. The van der Waals surface area contributed by atoms with Crippen molar-refractivity contribution >= 4 is 35.7 Å². The van der Waals surface area contributed by atoms with Crippen LogP contribution in [-0.4, -0.2) is 47.8 Å². The molecule has 1 aliphatic heterocycles. The summed E-state index contributed by atoms with van der Waals surface area (Å²) in [6.45, 7) is 13.9. The Bertz CT molecular complexity index is 1410. The van der Waals surface area contributed by atoms with Crippen LogP contribution >= 0.6 is 0 Å². The number of likely N-dealkylation sites (tertiary alicyclic amines) is 1. The van der Waals surface area contributed by atoms with Gasteiger partial charge in [0.05, 0.1) is 12.2 Å². The third-order valence-corrected chi connectivity index (χ3v) is 12.7. The molecule has 40 heavy (non-hydrogen) atoms. The van der Waals surface area contributed by atoms with E-state index in [0.717, 1.165) is 29.5 Å². The summed E-state index contributed by atoms with van der Waals surface area (Å²) < 4.78 is 15.2. The first-order valence-electron chi connectivity index (χ1n) is 14.2. The second kappa shape index (κ2) is 10.8. The zero-order valence-electron chi connectivity index (χ0n) is 24.6. The maximum atomic E-state index is 12.7. The molecule has 210 valence electrons. The van der Waals surface area contributed by atoms with Crippen molar-refractivity contribution in [2.75, 3.05) is 13.1 Å². The summed E-state index contributed by atoms with van der Waals surface area (Å²) in [4.78, 5) is 14.5. The summed E-state index contributed by atoms with van der Waals surface area (Å²) in [5.41, 5.74) is 0.519. The Hall–Kier alpha value is -3.58. The van der Waals surface area contributed by atoms with E-state index >= 15 is 0 Å². The lowest BCUT2D eigenvalue weighted by Crippen LogP contribution is -2.68. The Balaban J connectivity index is 1.54. The van der Waals surface area contributed by atoms with Gasteiger partial charge in [-0.25, -0.2) is 4.79 Å². The molecule has 1 aliphatic rings. The Morgan fingerprint density at radius 1 is 0.825 bits per heavy atom. The minimum absolute atomic E-state index is 0.151. The van der Waals surface area contributed by atoms with E-state index < -0.39 is 13.9 Å². The summed E-state index contributed by atoms with van der Waals surface area (Å²) in [7, 11) is -2.81. The molecular formula is C33H41N3O3Si. The summed E-state index contributed by atoms with van der Waals surface area (Å²) in [5, 5.41) is 8.25. The highest BCUT2D eigenvalue weighted by molar-refractivity contribution is 7.00. The fourth-order valence-corrected chi connectivity index (χ4v) is 10.3. The van der Waals surface area contributed by atoms with Crippen LogP contribution in [0.15, 0.2) is 85.1 Å². The van der Waals surface area contributed by atoms with E-state index in [9.17, 15) is 4.79 Å². The van der Waals surface area contributed by atoms with Gasteiger partial charge in [0.25, 0.3) is 0 Å². The topological polar surface area (TPSA) is 56.6 Å². The molecule has 3 aromatic carbocycles. The number of benzene rings is 3. The Morgan fingerprint density at radius 2 is 1.40 bits per heavy atom. The molecule has 7 heteroatoms. The fraction of sp³-hybridized carbons (Fsp3) is 0.394. The maximum absolute atomic E-state index is 12.7. The zero-order chi connectivity index (χ0) is 28.5. The van der Waals surface area contributed by atoms with E-state index in [4.69, 9.17) is 14.3 Å². The summed E-state index contributed by atoms with van der Waals surface area (Å²) in [5.74, 6) is 0.860. The molecule has 0 spiro atoms. The molecular weight excluding hydrogens is 514 g/mol. The molecule has 4 aromatic rings. The van der Waals surface area contributed by atoms with Gasteiger partial charge in [-0.05, 0) is 55.1 Å². The van der Waals surface area contributed by atoms with Crippen molar-refractivity contribution in [3.05, 3.63) is 85.1 Å². The maximum Gasteiger partial charge on any atom is 0.410 e. The van der Waals surface area contributed by atoms with E-state index in [-0.39, 0.29) is 17.2 Å². The lowest BCUT2D eigenvalue weighted by molar-refractivity contribution is 0.0186. The molecule has 1 saturated heterocycles. The van der Waals surface area contributed by atoms with Crippen molar-refractivity contribution in [2.45, 2.75) is 71.1 Å². The van der Waals surface area contributed by atoms with Crippen LogP contribution < -0.4 is 14.8 Å². The lowest BCUT2D eigenvalue weighted by atomic mass is 10.1. The minimum Gasteiger partial charge on any atom is -0.533 e.